The molecule has 1 aliphatic heterocycles. The van der Waals surface area contributed by atoms with Crippen LogP contribution < -0.4 is 10.6 Å². The highest BCUT2D eigenvalue weighted by atomic mass is 16.3. The van der Waals surface area contributed by atoms with E-state index in [1.165, 1.54) is 6.92 Å². The van der Waals surface area contributed by atoms with Crippen LogP contribution >= 0.6 is 0 Å². The lowest BCUT2D eigenvalue weighted by Gasteiger charge is -2.33. The first kappa shape index (κ1) is 15.4. The molecule has 2 N–H and O–H groups in total. The van der Waals surface area contributed by atoms with Crippen molar-refractivity contribution in [3.05, 3.63) is 23.7 Å². The van der Waals surface area contributed by atoms with Gasteiger partial charge < -0.3 is 20.0 Å². The number of likely N-dealkylation sites (tertiary alicyclic amines) is 1. The van der Waals surface area contributed by atoms with Crippen LogP contribution in [-0.4, -0.2) is 36.0 Å². The van der Waals surface area contributed by atoms with Crippen LogP contribution in [0.5, 0.6) is 0 Å². The normalized spacial score (nSPS) is 20.0. The molecule has 0 spiro atoms. The van der Waals surface area contributed by atoms with Crippen molar-refractivity contribution in [3.8, 4) is 0 Å². The minimum atomic E-state index is -0.174. The summed E-state index contributed by atoms with van der Waals surface area (Å²) in [5, 5.41) is 5.81. The molecule has 3 amide bonds. The van der Waals surface area contributed by atoms with E-state index in [1.807, 2.05) is 26.0 Å². The molecular formula is C15H23N3O3. The Labute approximate surface area is 124 Å². The summed E-state index contributed by atoms with van der Waals surface area (Å²) in [6.45, 7) is 6.54. The molecule has 1 saturated heterocycles. The highest BCUT2D eigenvalue weighted by Crippen LogP contribution is 2.17. The number of aryl methyl sites for hydroxylation is 1. The predicted molar refractivity (Wildman–Crippen MR) is 78.8 cm³/mol. The monoisotopic (exact) mass is 293 g/mol. The summed E-state index contributed by atoms with van der Waals surface area (Å²) in [6.07, 6.45) is 1.81. The zero-order valence-electron chi connectivity index (χ0n) is 12.8. The zero-order chi connectivity index (χ0) is 15.4. The Morgan fingerprint density at radius 1 is 1.43 bits per heavy atom. The van der Waals surface area contributed by atoms with E-state index in [-0.39, 0.29) is 24.0 Å². The standard InChI is InChI=1S/C15H23N3O3/c1-10-6-7-14(21-10)11(2)16-15(20)18-8-4-5-13(9-18)17-12(3)19/h6-7,11,13H,4-5,8-9H2,1-3H3,(H,16,20)(H,17,19)/t11-,13+/m0/s1. The first-order chi connectivity index (χ1) is 9.95. The van der Waals surface area contributed by atoms with Gasteiger partial charge in [0, 0.05) is 26.1 Å². The van der Waals surface area contributed by atoms with Crippen molar-refractivity contribution >= 4 is 11.9 Å². The predicted octanol–water partition coefficient (Wildman–Crippen LogP) is 1.96. The summed E-state index contributed by atoms with van der Waals surface area (Å²) >= 11 is 0. The molecule has 1 fully saturated rings. The molecule has 6 nitrogen and oxygen atoms in total. The van der Waals surface area contributed by atoms with Crippen LogP contribution in [0, 0.1) is 6.92 Å². The fourth-order valence-corrected chi connectivity index (χ4v) is 2.60. The van der Waals surface area contributed by atoms with E-state index >= 15 is 0 Å². The molecule has 0 saturated carbocycles. The number of piperidine rings is 1. The van der Waals surface area contributed by atoms with Gasteiger partial charge in [-0.25, -0.2) is 4.79 Å². The van der Waals surface area contributed by atoms with Gasteiger partial charge >= 0.3 is 6.03 Å². The van der Waals surface area contributed by atoms with Gasteiger partial charge in [-0.15, -0.1) is 0 Å². The molecule has 0 aromatic carbocycles. The molecule has 0 unspecified atom stereocenters. The number of carbonyl (C=O) groups excluding carboxylic acids is 2. The third-order valence-corrected chi connectivity index (χ3v) is 3.64. The van der Waals surface area contributed by atoms with E-state index in [9.17, 15) is 9.59 Å². The van der Waals surface area contributed by atoms with E-state index in [1.54, 1.807) is 4.90 Å². The maximum Gasteiger partial charge on any atom is 0.318 e. The molecule has 2 atom stereocenters. The van der Waals surface area contributed by atoms with Crippen molar-refractivity contribution in [3.63, 3.8) is 0 Å². The van der Waals surface area contributed by atoms with Gasteiger partial charge in [-0.3, -0.25) is 4.79 Å². The maximum atomic E-state index is 12.3. The van der Waals surface area contributed by atoms with Gasteiger partial charge in [0.15, 0.2) is 0 Å². The Balaban J connectivity index is 1.89. The van der Waals surface area contributed by atoms with Gasteiger partial charge in [-0.2, -0.15) is 0 Å². The number of amides is 3. The lowest BCUT2D eigenvalue weighted by molar-refractivity contribution is -0.119. The van der Waals surface area contributed by atoms with Gasteiger partial charge in [-0.05, 0) is 38.8 Å². The van der Waals surface area contributed by atoms with E-state index in [4.69, 9.17) is 4.42 Å². The number of nitrogens with one attached hydrogen (secondary N) is 2. The zero-order valence-corrected chi connectivity index (χ0v) is 12.8. The number of hydrogen-bond donors (Lipinski definition) is 2. The Hall–Kier alpha value is -1.98. The largest absolute Gasteiger partial charge is 0.464 e. The molecule has 1 aromatic rings. The smallest absolute Gasteiger partial charge is 0.318 e. The number of hydrogen-bond acceptors (Lipinski definition) is 3. The van der Waals surface area contributed by atoms with Crippen molar-refractivity contribution in [2.75, 3.05) is 13.1 Å². The first-order valence-corrected chi connectivity index (χ1v) is 7.34. The molecule has 0 aliphatic carbocycles. The third-order valence-electron chi connectivity index (χ3n) is 3.64. The SMILES string of the molecule is CC(=O)N[C@@H]1CCCN(C(=O)N[C@@H](C)c2ccc(C)o2)C1. The van der Waals surface area contributed by atoms with Gasteiger partial charge in [0.05, 0.1) is 6.04 Å². The van der Waals surface area contributed by atoms with Gasteiger partial charge in [0.2, 0.25) is 5.91 Å². The molecule has 21 heavy (non-hydrogen) atoms. The molecule has 2 rings (SSSR count). The number of nitrogens with zero attached hydrogens (tertiary/aromatic N) is 1. The molecule has 2 heterocycles. The van der Waals surface area contributed by atoms with Crippen molar-refractivity contribution in [2.24, 2.45) is 0 Å². The van der Waals surface area contributed by atoms with Crippen molar-refractivity contribution in [1.29, 1.82) is 0 Å². The minimum Gasteiger partial charge on any atom is -0.464 e. The van der Waals surface area contributed by atoms with Gasteiger partial charge in [-0.1, -0.05) is 0 Å². The summed E-state index contributed by atoms with van der Waals surface area (Å²) in [4.78, 5) is 25.1. The summed E-state index contributed by atoms with van der Waals surface area (Å²) in [6, 6.07) is 3.50. The highest BCUT2D eigenvalue weighted by Gasteiger charge is 2.25. The van der Waals surface area contributed by atoms with E-state index in [0.717, 1.165) is 24.4 Å². The first-order valence-electron chi connectivity index (χ1n) is 7.34. The number of rotatable bonds is 3. The van der Waals surface area contributed by atoms with E-state index in [0.29, 0.717) is 13.1 Å². The lowest BCUT2D eigenvalue weighted by atomic mass is 10.1. The molecule has 0 bridgehead atoms. The van der Waals surface area contributed by atoms with Gasteiger partial charge in [0.1, 0.15) is 11.5 Å². The minimum absolute atomic E-state index is 0.0446. The second kappa shape index (κ2) is 6.65. The lowest BCUT2D eigenvalue weighted by Crippen LogP contribution is -2.52. The quantitative estimate of drug-likeness (QED) is 0.894. The van der Waals surface area contributed by atoms with Crippen LogP contribution in [0.4, 0.5) is 4.79 Å². The second-order valence-corrected chi connectivity index (χ2v) is 5.61. The van der Waals surface area contributed by atoms with E-state index < -0.39 is 0 Å². The van der Waals surface area contributed by atoms with Gasteiger partial charge in [0.25, 0.3) is 0 Å². The molecule has 0 radical (unpaired) electrons. The van der Waals surface area contributed by atoms with E-state index in [2.05, 4.69) is 10.6 Å². The molecular weight excluding hydrogens is 270 g/mol. The van der Waals surface area contributed by atoms with Crippen LogP contribution in [0.15, 0.2) is 16.5 Å². The van der Waals surface area contributed by atoms with Crippen LogP contribution in [0.1, 0.15) is 44.3 Å². The van der Waals surface area contributed by atoms with Crippen molar-refractivity contribution in [1.82, 2.24) is 15.5 Å². The average Bonchev–Trinajstić information content (AvgIpc) is 2.85. The Kier molecular flexibility index (Phi) is 4.88. The number of furan rings is 1. The van der Waals surface area contributed by atoms with Crippen LogP contribution in [-0.2, 0) is 4.79 Å². The van der Waals surface area contributed by atoms with Crippen molar-refractivity contribution in [2.45, 2.75) is 45.7 Å². The third kappa shape index (κ3) is 4.24. The highest BCUT2D eigenvalue weighted by molar-refractivity contribution is 5.75. The number of urea groups is 1. The molecule has 1 aliphatic rings. The molecule has 1 aromatic heterocycles. The Bertz CT molecular complexity index is 512. The number of carbonyl (C=O) groups is 2. The topological polar surface area (TPSA) is 74.6 Å². The van der Waals surface area contributed by atoms with Crippen molar-refractivity contribution < 1.29 is 14.0 Å². The molecule has 6 heteroatoms. The second-order valence-electron chi connectivity index (χ2n) is 5.61. The summed E-state index contributed by atoms with van der Waals surface area (Å²) in [5.74, 6) is 1.52. The Morgan fingerprint density at radius 2 is 2.19 bits per heavy atom. The summed E-state index contributed by atoms with van der Waals surface area (Å²) < 4.78 is 5.52. The molecule has 116 valence electrons. The fourth-order valence-electron chi connectivity index (χ4n) is 2.60. The summed E-state index contributed by atoms with van der Waals surface area (Å²) in [7, 11) is 0. The van der Waals surface area contributed by atoms with Crippen LogP contribution in [0.2, 0.25) is 0 Å². The maximum absolute atomic E-state index is 12.3. The van der Waals surface area contributed by atoms with Crippen LogP contribution in [0.25, 0.3) is 0 Å². The average molecular weight is 293 g/mol. The Morgan fingerprint density at radius 3 is 2.81 bits per heavy atom. The summed E-state index contributed by atoms with van der Waals surface area (Å²) in [5.41, 5.74) is 0. The fraction of sp³-hybridized carbons (Fsp3) is 0.600. The van der Waals surface area contributed by atoms with Crippen LogP contribution in [0.3, 0.4) is 0 Å².